The number of carbonyl (C=O) groups excluding carboxylic acids is 1. The molecule has 112 valence electrons. The van der Waals surface area contributed by atoms with E-state index in [2.05, 4.69) is 19.7 Å². The maximum atomic E-state index is 12.5. The number of hydrogen-bond acceptors (Lipinski definition) is 5. The average molecular weight is 314 g/mol. The van der Waals surface area contributed by atoms with Gasteiger partial charge in [0.05, 0.1) is 16.8 Å². The number of amides is 1. The van der Waals surface area contributed by atoms with Crippen LogP contribution >= 0.6 is 11.8 Å². The second-order valence-electron chi connectivity index (χ2n) is 5.11. The molecule has 8 heteroatoms. The lowest BCUT2D eigenvalue weighted by Crippen LogP contribution is -2.31. The number of rotatable bonds is 3. The SMILES string of the molecule is Cn1cnnc1SCC(=O)N1CCn2c1nc1ccccc12. The third kappa shape index (κ3) is 2.07. The van der Waals surface area contributed by atoms with Gasteiger partial charge in [0.25, 0.3) is 0 Å². The van der Waals surface area contributed by atoms with Crippen molar-refractivity contribution >= 4 is 34.7 Å². The number of para-hydroxylation sites is 2. The molecule has 0 N–H and O–H groups in total. The Hall–Kier alpha value is -2.35. The molecule has 1 amide bonds. The smallest absolute Gasteiger partial charge is 0.239 e. The molecule has 0 saturated carbocycles. The second-order valence-corrected chi connectivity index (χ2v) is 6.05. The van der Waals surface area contributed by atoms with Crippen LogP contribution in [0.1, 0.15) is 0 Å². The van der Waals surface area contributed by atoms with Gasteiger partial charge in [-0.2, -0.15) is 0 Å². The van der Waals surface area contributed by atoms with Gasteiger partial charge in [-0.15, -0.1) is 10.2 Å². The fourth-order valence-electron chi connectivity index (χ4n) is 2.63. The molecule has 0 spiro atoms. The van der Waals surface area contributed by atoms with Crippen molar-refractivity contribution in [2.75, 3.05) is 17.2 Å². The summed E-state index contributed by atoms with van der Waals surface area (Å²) in [4.78, 5) is 18.8. The Balaban J connectivity index is 1.55. The van der Waals surface area contributed by atoms with Crippen LogP contribution < -0.4 is 4.90 Å². The maximum absolute atomic E-state index is 12.5. The predicted octanol–water partition coefficient (Wildman–Crippen LogP) is 1.30. The molecule has 0 unspecified atom stereocenters. The monoisotopic (exact) mass is 314 g/mol. The molecule has 2 aromatic heterocycles. The van der Waals surface area contributed by atoms with Crippen LogP contribution in [-0.2, 0) is 18.4 Å². The largest absolute Gasteiger partial charge is 0.312 e. The molecule has 0 bridgehead atoms. The normalized spacial score (nSPS) is 13.8. The number of imidazole rings is 1. The lowest BCUT2D eigenvalue weighted by atomic mass is 10.3. The highest BCUT2D eigenvalue weighted by Crippen LogP contribution is 2.28. The summed E-state index contributed by atoms with van der Waals surface area (Å²) >= 11 is 1.39. The number of benzene rings is 1. The molecule has 1 aromatic carbocycles. The second kappa shape index (κ2) is 5.13. The fraction of sp³-hybridized carbons (Fsp3) is 0.286. The maximum Gasteiger partial charge on any atom is 0.239 e. The molecule has 3 heterocycles. The van der Waals surface area contributed by atoms with Gasteiger partial charge in [0, 0.05) is 20.1 Å². The van der Waals surface area contributed by atoms with E-state index in [0.717, 1.165) is 28.7 Å². The van der Waals surface area contributed by atoms with Gasteiger partial charge in [-0.25, -0.2) is 4.98 Å². The molecule has 0 fully saturated rings. The van der Waals surface area contributed by atoms with E-state index < -0.39 is 0 Å². The van der Waals surface area contributed by atoms with Gasteiger partial charge >= 0.3 is 0 Å². The molecule has 0 aliphatic carbocycles. The topological polar surface area (TPSA) is 68.8 Å². The third-order valence-electron chi connectivity index (χ3n) is 3.72. The molecule has 0 atom stereocenters. The summed E-state index contributed by atoms with van der Waals surface area (Å²) < 4.78 is 3.90. The first-order valence-corrected chi connectivity index (χ1v) is 7.95. The van der Waals surface area contributed by atoms with E-state index in [4.69, 9.17) is 0 Å². The van der Waals surface area contributed by atoms with Crippen molar-refractivity contribution in [2.45, 2.75) is 11.7 Å². The van der Waals surface area contributed by atoms with Crippen LogP contribution in [0.15, 0.2) is 35.7 Å². The Morgan fingerprint density at radius 3 is 3.00 bits per heavy atom. The number of aromatic nitrogens is 5. The Morgan fingerprint density at radius 1 is 1.32 bits per heavy atom. The number of nitrogens with zero attached hydrogens (tertiary/aromatic N) is 6. The van der Waals surface area contributed by atoms with Gasteiger partial charge in [0.1, 0.15) is 6.33 Å². The number of thioether (sulfide) groups is 1. The summed E-state index contributed by atoms with van der Waals surface area (Å²) in [6.45, 7) is 1.46. The van der Waals surface area contributed by atoms with Crippen molar-refractivity contribution in [3.05, 3.63) is 30.6 Å². The number of carbonyl (C=O) groups is 1. The zero-order valence-electron chi connectivity index (χ0n) is 12.0. The van der Waals surface area contributed by atoms with E-state index in [-0.39, 0.29) is 5.91 Å². The van der Waals surface area contributed by atoms with Crippen molar-refractivity contribution in [1.29, 1.82) is 0 Å². The van der Waals surface area contributed by atoms with E-state index >= 15 is 0 Å². The van der Waals surface area contributed by atoms with Crippen LogP contribution in [0.2, 0.25) is 0 Å². The lowest BCUT2D eigenvalue weighted by molar-refractivity contribution is -0.116. The number of aryl methyl sites for hydroxylation is 1. The summed E-state index contributed by atoms with van der Waals surface area (Å²) in [6, 6.07) is 7.96. The Kier molecular flexibility index (Phi) is 3.11. The summed E-state index contributed by atoms with van der Waals surface area (Å²) in [7, 11) is 1.86. The highest BCUT2D eigenvalue weighted by molar-refractivity contribution is 7.99. The fourth-order valence-corrected chi connectivity index (χ4v) is 3.40. The number of anilines is 1. The quantitative estimate of drug-likeness (QED) is 0.682. The van der Waals surface area contributed by atoms with Crippen molar-refractivity contribution in [3.8, 4) is 0 Å². The van der Waals surface area contributed by atoms with Crippen molar-refractivity contribution < 1.29 is 4.79 Å². The third-order valence-corrected chi connectivity index (χ3v) is 4.74. The summed E-state index contributed by atoms with van der Waals surface area (Å²) in [5.74, 6) is 1.11. The van der Waals surface area contributed by atoms with Crippen molar-refractivity contribution in [3.63, 3.8) is 0 Å². The standard InChI is InChI=1S/C14H14N6OS/c1-18-9-15-17-14(18)22-8-12(21)20-7-6-19-11-5-3-2-4-10(11)16-13(19)20/h2-5,9H,6-8H2,1H3. The molecular weight excluding hydrogens is 300 g/mol. The zero-order valence-corrected chi connectivity index (χ0v) is 12.8. The summed E-state index contributed by atoms with van der Waals surface area (Å²) in [6.07, 6.45) is 1.63. The van der Waals surface area contributed by atoms with E-state index in [1.807, 2.05) is 31.3 Å². The molecule has 0 radical (unpaired) electrons. The molecule has 22 heavy (non-hydrogen) atoms. The molecule has 0 saturated heterocycles. The van der Waals surface area contributed by atoms with Gasteiger partial charge in [0.2, 0.25) is 11.9 Å². The van der Waals surface area contributed by atoms with E-state index in [9.17, 15) is 4.79 Å². The molecule has 3 aromatic rings. The van der Waals surface area contributed by atoms with Gasteiger partial charge in [-0.05, 0) is 12.1 Å². The Labute approximate surface area is 130 Å². The van der Waals surface area contributed by atoms with Crippen LogP contribution in [0.4, 0.5) is 5.95 Å². The van der Waals surface area contributed by atoms with Gasteiger partial charge in [-0.3, -0.25) is 9.69 Å². The molecule has 1 aliphatic rings. The molecule has 1 aliphatic heterocycles. The number of hydrogen-bond donors (Lipinski definition) is 0. The first-order chi connectivity index (χ1) is 10.7. The number of fused-ring (bicyclic) bond motifs is 3. The predicted molar refractivity (Wildman–Crippen MR) is 83.8 cm³/mol. The first kappa shape index (κ1) is 13.3. The van der Waals surface area contributed by atoms with Crippen LogP contribution in [-0.4, -0.2) is 42.5 Å². The van der Waals surface area contributed by atoms with E-state index in [0.29, 0.717) is 12.3 Å². The molecule has 7 nitrogen and oxygen atoms in total. The minimum Gasteiger partial charge on any atom is -0.312 e. The zero-order chi connectivity index (χ0) is 15.1. The van der Waals surface area contributed by atoms with Gasteiger partial charge in [0.15, 0.2) is 5.16 Å². The molecule has 4 rings (SSSR count). The van der Waals surface area contributed by atoms with Crippen LogP contribution in [0.3, 0.4) is 0 Å². The highest BCUT2D eigenvalue weighted by atomic mass is 32.2. The van der Waals surface area contributed by atoms with Gasteiger partial charge < -0.3 is 9.13 Å². The lowest BCUT2D eigenvalue weighted by Gasteiger charge is -2.13. The van der Waals surface area contributed by atoms with Crippen molar-refractivity contribution in [2.24, 2.45) is 7.05 Å². The minimum atomic E-state index is 0.0436. The Morgan fingerprint density at radius 2 is 2.18 bits per heavy atom. The van der Waals surface area contributed by atoms with Crippen LogP contribution in [0.25, 0.3) is 11.0 Å². The van der Waals surface area contributed by atoms with Gasteiger partial charge in [-0.1, -0.05) is 23.9 Å². The highest BCUT2D eigenvalue weighted by Gasteiger charge is 2.28. The first-order valence-electron chi connectivity index (χ1n) is 6.96. The summed E-state index contributed by atoms with van der Waals surface area (Å²) in [5.41, 5.74) is 2.00. The van der Waals surface area contributed by atoms with Crippen molar-refractivity contribution in [1.82, 2.24) is 24.3 Å². The average Bonchev–Trinajstić information content (AvgIpc) is 3.19. The van der Waals surface area contributed by atoms with E-state index in [1.54, 1.807) is 15.8 Å². The summed E-state index contributed by atoms with van der Waals surface area (Å²) in [5, 5.41) is 8.53. The van der Waals surface area contributed by atoms with E-state index in [1.165, 1.54) is 11.8 Å². The Bertz CT molecular complexity index is 854. The molecular formula is C14H14N6OS. The van der Waals surface area contributed by atoms with Crippen LogP contribution in [0, 0.1) is 0 Å². The van der Waals surface area contributed by atoms with Crippen LogP contribution in [0.5, 0.6) is 0 Å². The minimum absolute atomic E-state index is 0.0436.